The van der Waals surface area contributed by atoms with E-state index in [1.165, 1.54) is 17.3 Å². The Labute approximate surface area is 174 Å². The number of para-hydroxylation sites is 1. The maximum Gasteiger partial charge on any atom is 0.300 e. The van der Waals surface area contributed by atoms with E-state index < -0.39 is 17.7 Å². The molecule has 2 aromatic carbocycles. The molecular weight excluding hydrogens is 380 g/mol. The molecule has 0 aliphatic carbocycles. The van der Waals surface area contributed by atoms with E-state index >= 15 is 0 Å². The molecule has 150 valence electrons. The van der Waals surface area contributed by atoms with E-state index in [-0.39, 0.29) is 11.3 Å². The number of hydrogen-bond acceptors (Lipinski definition) is 5. The highest BCUT2D eigenvalue weighted by atomic mass is 16.5. The van der Waals surface area contributed by atoms with Crippen molar-refractivity contribution in [3.63, 3.8) is 0 Å². The molecule has 0 radical (unpaired) electrons. The molecule has 4 rings (SSSR count). The maximum atomic E-state index is 13.0. The molecule has 1 amide bonds. The molecule has 1 fully saturated rings. The van der Waals surface area contributed by atoms with E-state index in [2.05, 4.69) is 4.98 Å². The van der Waals surface area contributed by atoms with Gasteiger partial charge in [0.15, 0.2) is 0 Å². The summed E-state index contributed by atoms with van der Waals surface area (Å²) in [5.74, 6) is -1.04. The van der Waals surface area contributed by atoms with Gasteiger partial charge >= 0.3 is 0 Å². The number of benzene rings is 2. The predicted molar refractivity (Wildman–Crippen MR) is 113 cm³/mol. The lowest BCUT2D eigenvalue weighted by Crippen LogP contribution is -2.29. The highest BCUT2D eigenvalue weighted by molar-refractivity contribution is 6.51. The maximum absolute atomic E-state index is 13.0. The van der Waals surface area contributed by atoms with Gasteiger partial charge < -0.3 is 9.84 Å². The molecule has 1 saturated heterocycles. The number of rotatable bonds is 5. The van der Waals surface area contributed by atoms with E-state index in [1.807, 2.05) is 25.1 Å². The van der Waals surface area contributed by atoms with Crippen LogP contribution >= 0.6 is 0 Å². The van der Waals surface area contributed by atoms with Crippen LogP contribution in [0.5, 0.6) is 5.75 Å². The van der Waals surface area contributed by atoms with Gasteiger partial charge in [-0.3, -0.25) is 19.5 Å². The van der Waals surface area contributed by atoms with E-state index in [1.54, 1.807) is 48.5 Å². The van der Waals surface area contributed by atoms with Gasteiger partial charge in [0.25, 0.3) is 11.7 Å². The first-order chi connectivity index (χ1) is 14.6. The van der Waals surface area contributed by atoms with Crippen LogP contribution in [-0.2, 0) is 9.59 Å². The number of aliphatic hydroxyl groups is 1. The van der Waals surface area contributed by atoms with Gasteiger partial charge in [-0.1, -0.05) is 30.3 Å². The van der Waals surface area contributed by atoms with E-state index in [9.17, 15) is 14.7 Å². The third-order valence-electron chi connectivity index (χ3n) is 4.92. The quantitative estimate of drug-likeness (QED) is 0.396. The SMILES string of the molecule is CCOc1cccc(C2/C(=C(/O)c3ccncc3)C(=O)C(=O)N2c2ccccc2)c1. The van der Waals surface area contributed by atoms with Crippen molar-refractivity contribution in [3.05, 3.63) is 95.8 Å². The number of pyridine rings is 1. The van der Waals surface area contributed by atoms with Crippen LogP contribution < -0.4 is 9.64 Å². The summed E-state index contributed by atoms with van der Waals surface area (Å²) in [6.07, 6.45) is 3.04. The Morgan fingerprint density at radius 2 is 1.77 bits per heavy atom. The third kappa shape index (κ3) is 3.43. The van der Waals surface area contributed by atoms with E-state index in [4.69, 9.17) is 4.74 Å². The number of ketones is 1. The van der Waals surface area contributed by atoms with Gasteiger partial charge in [0.2, 0.25) is 0 Å². The molecule has 6 heteroatoms. The number of amides is 1. The van der Waals surface area contributed by atoms with Crippen LogP contribution in [0, 0.1) is 0 Å². The van der Waals surface area contributed by atoms with Crippen molar-refractivity contribution in [1.29, 1.82) is 0 Å². The lowest BCUT2D eigenvalue weighted by molar-refractivity contribution is -0.132. The van der Waals surface area contributed by atoms with Crippen molar-refractivity contribution < 1.29 is 19.4 Å². The minimum atomic E-state index is -0.791. The number of aromatic nitrogens is 1. The summed E-state index contributed by atoms with van der Waals surface area (Å²) in [4.78, 5) is 31.4. The van der Waals surface area contributed by atoms with Crippen molar-refractivity contribution in [2.45, 2.75) is 13.0 Å². The zero-order valence-electron chi connectivity index (χ0n) is 16.4. The van der Waals surface area contributed by atoms with E-state index in [0.717, 1.165) is 0 Å². The summed E-state index contributed by atoms with van der Waals surface area (Å²) in [7, 11) is 0. The number of carbonyl (C=O) groups is 2. The number of anilines is 1. The number of ether oxygens (including phenoxy) is 1. The second-order valence-electron chi connectivity index (χ2n) is 6.75. The van der Waals surface area contributed by atoms with E-state index in [0.29, 0.717) is 29.2 Å². The third-order valence-corrected chi connectivity index (χ3v) is 4.92. The summed E-state index contributed by atoms with van der Waals surface area (Å²) >= 11 is 0. The Kier molecular flexibility index (Phi) is 5.30. The molecule has 0 saturated carbocycles. The van der Waals surface area contributed by atoms with Crippen LogP contribution in [0.15, 0.2) is 84.7 Å². The fraction of sp³-hybridized carbons (Fsp3) is 0.125. The summed E-state index contributed by atoms with van der Waals surface area (Å²) < 4.78 is 5.61. The van der Waals surface area contributed by atoms with Gasteiger partial charge in [0.05, 0.1) is 18.2 Å². The first kappa shape index (κ1) is 19.4. The Balaban J connectivity index is 1.93. The molecule has 1 aliphatic rings. The molecule has 0 spiro atoms. The average molecular weight is 400 g/mol. The van der Waals surface area contributed by atoms with Crippen molar-refractivity contribution in [3.8, 4) is 5.75 Å². The van der Waals surface area contributed by atoms with Crippen LogP contribution in [0.3, 0.4) is 0 Å². The molecule has 1 aromatic heterocycles. The first-order valence-corrected chi connectivity index (χ1v) is 9.61. The van der Waals surface area contributed by atoms with Crippen LogP contribution in [0.4, 0.5) is 5.69 Å². The van der Waals surface area contributed by atoms with Gasteiger partial charge in [-0.2, -0.15) is 0 Å². The Morgan fingerprint density at radius 1 is 1.03 bits per heavy atom. The molecule has 30 heavy (non-hydrogen) atoms. The van der Waals surface area contributed by atoms with Crippen LogP contribution in [0.1, 0.15) is 24.1 Å². The molecule has 3 aromatic rings. The summed E-state index contributed by atoms with van der Waals surface area (Å²) in [5.41, 5.74) is 1.69. The van der Waals surface area contributed by atoms with Crippen LogP contribution in [0.25, 0.3) is 5.76 Å². The van der Waals surface area contributed by atoms with Crippen LogP contribution in [0.2, 0.25) is 0 Å². The molecule has 1 unspecified atom stereocenters. The monoisotopic (exact) mass is 400 g/mol. The first-order valence-electron chi connectivity index (χ1n) is 9.61. The standard InChI is InChI=1S/C24H20N2O4/c1-2-30-19-10-6-7-17(15-19)21-20(22(27)16-11-13-25-14-12-16)23(28)24(29)26(21)18-8-4-3-5-9-18/h3-15,21,27H,2H2,1H3/b22-20-. The molecular formula is C24H20N2O4. The van der Waals surface area contributed by atoms with Gasteiger partial charge in [0, 0.05) is 23.6 Å². The van der Waals surface area contributed by atoms with Crippen molar-refractivity contribution in [2.24, 2.45) is 0 Å². The average Bonchev–Trinajstić information content (AvgIpc) is 3.05. The smallest absolute Gasteiger partial charge is 0.300 e. The van der Waals surface area contributed by atoms with Crippen molar-refractivity contribution in [2.75, 3.05) is 11.5 Å². The minimum Gasteiger partial charge on any atom is -0.507 e. The molecule has 6 nitrogen and oxygen atoms in total. The van der Waals surface area contributed by atoms with Gasteiger partial charge in [-0.25, -0.2) is 0 Å². The Hall–Kier alpha value is -3.93. The van der Waals surface area contributed by atoms with Crippen molar-refractivity contribution in [1.82, 2.24) is 4.98 Å². The summed E-state index contributed by atoms with van der Waals surface area (Å²) in [6, 6.07) is 18.6. The molecule has 1 N–H and O–H groups in total. The summed E-state index contributed by atoms with van der Waals surface area (Å²) in [6.45, 7) is 2.37. The molecule has 1 atom stereocenters. The number of nitrogens with zero attached hydrogens (tertiary/aromatic N) is 2. The highest BCUT2D eigenvalue weighted by Gasteiger charge is 2.47. The van der Waals surface area contributed by atoms with Crippen LogP contribution in [-0.4, -0.2) is 28.4 Å². The zero-order chi connectivity index (χ0) is 21.1. The number of hydrogen-bond donors (Lipinski definition) is 1. The Morgan fingerprint density at radius 3 is 2.47 bits per heavy atom. The second-order valence-corrected chi connectivity index (χ2v) is 6.75. The fourth-order valence-electron chi connectivity index (χ4n) is 3.61. The van der Waals surface area contributed by atoms with Crippen molar-refractivity contribution >= 4 is 23.1 Å². The molecule has 1 aliphatic heterocycles. The predicted octanol–water partition coefficient (Wildman–Crippen LogP) is 4.11. The van der Waals surface area contributed by atoms with Gasteiger partial charge in [-0.15, -0.1) is 0 Å². The lowest BCUT2D eigenvalue weighted by atomic mass is 9.95. The zero-order valence-corrected chi connectivity index (χ0v) is 16.4. The molecule has 2 heterocycles. The second kappa shape index (κ2) is 8.21. The van der Waals surface area contributed by atoms with Gasteiger partial charge in [0.1, 0.15) is 11.5 Å². The number of carbonyl (C=O) groups excluding carboxylic acids is 2. The fourth-order valence-corrected chi connectivity index (χ4v) is 3.61. The lowest BCUT2D eigenvalue weighted by Gasteiger charge is -2.25. The molecule has 0 bridgehead atoms. The topological polar surface area (TPSA) is 79.7 Å². The van der Waals surface area contributed by atoms with Gasteiger partial charge in [-0.05, 0) is 48.9 Å². The normalized spacial score (nSPS) is 17.9. The Bertz CT molecular complexity index is 1110. The number of Topliss-reactive ketones (excluding diaryl/α,β-unsaturated/α-hetero) is 1. The minimum absolute atomic E-state index is 0.0312. The number of aliphatic hydroxyl groups excluding tert-OH is 1. The summed E-state index contributed by atoms with van der Waals surface area (Å²) in [5, 5.41) is 11.0. The highest BCUT2D eigenvalue weighted by Crippen LogP contribution is 2.42. The largest absolute Gasteiger partial charge is 0.507 e.